The highest BCUT2D eigenvalue weighted by Crippen LogP contribution is 2.25. The number of rotatable bonds is 6. The first-order chi connectivity index (χ1) is 9.29. The Kier molecular flexibility index (Phi) is 6.05. The van der Waals surface area contributed by atoms with Crippen molar-refractivity contribution < 1.29 is 0 Å². The van der Waals surface area contributed by atoms with E-state index < -0.39 is 0 Å². The second-order valence-electron chi connectivity index (χ2n) is 7.48. The van der Waals surface area contributed by atoms with Crippen molar-refractivity contribution in [3.8, 4) is 0 Å². The summed E-state index contributed by atoms with van der Waals surface area (Å²) in [6, 6.07) is 8.78. The molecule has 0 fully saturated rings. The molecule has 0 bridgehead atoms. The maximum absolute atomic E-state index is 2.41. The molecule has 0 aromatic heterocycles. The third kappa shape index (κ3) is 5.53. The average molecular weight is 272 g/mol. The van der Waals surface area contributed by atoms with Gasteiger partial charge in [0.15, 0.2) is 0 Å². The van der Waals surface area contributed by atoms with Crippen LogP contribution in [-0.4, -0.2) is 0 Å². The van der Waals surface area contributed by atoms with E-state index in [4.69, 9.17) is 0 Å². The zero-order valence-corrected chi connectivity index (χ0v) is 14.3. The molecule has 0 atom stereocenters. The molecule has 0 aliphatic rings. The minimum atomic E-state index is 0.399. The molecule has 0 aliphatic carbocycles. The largest absolute Gasteiger partial charge is 0.0761 e. The van der Waals surface area contributed by atoms with E-state index in [0.717, 1.165) is 12.8 Å². The SMILES string of the molecule is CCC(C)(C)CC=c1ccccc1=CCC(C)(C)CC. The average Bonchev–Trinajstić information content (AvgIpc) is 2.44. The van der Waals surface area contributed by atoms with Crippen LogP contribution in [0.15, 0.2) is 24.3 Å². The molecule has 112 valence electrons. The molecule has 0 aliphatic heterocycles. The molecule has 0 unspecified atom stereocenters. The van der Waals surface area contributed by atoms with Crippen molar-refractivity contribution in [3.05, 3.63) is 34.7 Å². The van der Waals surface area contributed by atoms with Crippen LogP contribution in [-0.2, 0) is 0 Å². The summed E-state index contributed by atoms with van der Waals surface area (Å²) in [6.45, 7) is 13.9. The van der Waals surface area contributed by atoms with Crippen LogP contribution in [0.5, 0.6) is 0 Å². The fraction of sp³-hybridized carbons (Fsp3) is 0.600. The quantitative estimate of drug-likeness (QED) is 0.691. The first kappa shape index (κ1) is 17.0. The predicted octanol–water partition coefficient (Wildman–Crippen LogP) is 4.90. The van der Waals surface area contributed by atoms with E-state index in [1.807, 2.05) is 0 Å². The van der Waals surface area contributed by atoms with Gasteiger partial charge in [0.2, 0.25) is 0 Å². The van der Waals surface area contributed by atoms with Crippen molar-refractivity contribution in [2.45, 2.75) is 67.2 Å². The van der Waals surface area contributed by atoms with Gasteiger partial charge in [0.1, 0.15) is 0 Å². The van der Waals surface area contributed by atoms with Crippen molar-refractivity contribution in [3.63, 3.8) is 0 Å². The molecule has 0 heteroatoms. The lowest BCUT2D eigenvalue weighted by molar-refractivity contribution is 0.365. The predicted molar refractivity (Wildman–Crippen MR) is 92.0 cm³/mol. The van der Waals surface area contributed by atoms with Gasteiger partial charge in [-0.15, -0.1) is 0 Å². The molecule has 0 heterocycles. The van der Waals surface area contributed by atoms with Gasteiger partial charge in [0.05, 0.1) is 0 Å². The normalized spacial score (nSPS) is 14.9. The van der Waals surface area contributed by atoms with Gasteiger partial charge in [-0.1, -0.05) is 90.8 Å². The summed E-state index contributed by atoms with van der Waals surface area (Å²) in [6.07, 6.45) is 9.55. The summed E-state index contributed by atoms with van der Waals surface area (Å²) >= 11 is 0. The first-order valence-corrected chi connectivity index (χ1v) is 8.05. The summed E-state index contributed by atoms with van der Waals surface area (Å²) in [5, 5.41) is 2.78. The summed E-state index contributed by atoms with van der Waals surface area (Å²) in [7, 11) is 0. The summed E-state index contributed by atoms with van der Waals surface area (Å²) in [5.74, 6) is 0. The Morgan fingerprint density at radius 3 is 1.40 bits per heavy atom. The lowest BCUT2D eigenvalue weighted by Crippen LogP contribution is -2.25. The van der Waals surface area contributed by atoms with Crippen LogP contribution >= 0.6 is 0 Å². The van der Waals surface area contributed by atoms with E-state index in [9.17, 15) is 0 Å². The van der Waals surface area contributed by atoms with Crippen molar-refractivity contribution in [1.29, 1.82) is 0 Å². The minimum absolute atomic E-state index is 0.399. The molecule has 0 spiro atoms. The fourth-order valence-electron chi connectivity index (χ4n) is 1.94. The maximum atomic E-state index is 2.41. The summed E-state index contributed by atoms with van der Waals surface area (Å²) < 4.78 is 0. The molecule has 0 saturated carbocycles. The maximum Gasteiger partial charge on any atom is -0.0227 e. The van der Waals surface area contributed by atoms with E-state index in [2.05, 4.69) is 78.0 Å². The highest BCUT2D eigenvalue weighted by Gasteiger charge is 2.13. The van der Waals surface area contributed by atoms with Gasteiger partial charge in [-0.25, -0.2) is 0 Å². The van der Waals surface area contributed by atoms with Crippen molar-refractivity contribution >= 4 is 12.2 Å². The van der Waals surface area contributed by atoms with Gasteiger partial charge < -0.3 is 0 Å². The molecule has 0 amide bonds. The van der Waals surface area contributed by atoms with Gasteiger partial charge in [-0.3, -0.25) is 0 Å². The van der Waals surface area contributed by atoms with Crippen LogP contribution in [0.1, 0.15) is 67.2 Å². The van der Waals surface area contributed by atoms with Gasteiger partial charge in [-0.2, -0.15) is 0 Å². The van der Waals surface area contributed by atoms with Crippen LogP contribution in [0.3, 0.4) is 0 Å². The third-order valence-corrected chi connectivity index (χ3v) is 4.66. The molecule has 0 nitrogen and oxygen atoms in total. The lowest BCUT2D eigenvalue weighted by atomic mass is 9.85. The highest BCUT2D eigenvalue weighted by atomic mass is 14.2. The van der Waals surface area contributed by atoms with Crippen molar-refractivity contribution in [2.24, 2.45) is 10.8 Å². The number of hydrogen-bond acceptors (Lipinski definition) is 0. The Bertz CT molecular complexity index is 468. The van der Waals surface area contributed by atoms with Crippen LogP contribution in [0.2, 0.25) is 0 Å². The second-order valence-corrected chi connectivity index (χ2v) is 7.48. The van der Waals surface area contributed by atoms with E-state index in [1.54, 1.807) is 0 Å². The van der Waals surface area contributed by atoms with Gasteiger partial charge >= 0.3 is 0 Å². The monoisotopic (exact) mass is 272 g/mol. The number of hydrogen-bond donors (Lipinski definition) is 0. The van der Waals surface area contributed by atoms with E-state index in [-0.39, 0.29) is 0 Å². The Morgan fingerprint density at radius 2 is 1.10 bits per heavy atom. The van der Waals surface area contributed by atoms with E-state index in [0.29, 0.717) is 10.8 Å². The third-order valence-electron chi connectivity index (χ3n) is 4.66. The topological polar surface area (TPSA) is 0 Å². The van der Waals surface area contributed by atoms with Gasteiger partial charge in [0.25, 0.3) is 0 Å². The highest BCUT2D eigenvalue weighted by molar-refractivity contribution is 5.32. The lowest BCUT2D eigenvalue weighted by Gasteiger charge is -2.20. The first-order valence-electron chi connectivity index (χ1n) is 8.05. The van der Waals surface area contributed by atoms with Gasteiger partial charge in [-0.05, 0) is 34.1 Å². The molecule has 1 rings (SSSR count). The smallest absolute Gasteiger partial charge is 0.0227 e. The Hall–Kier alpha value is -1.04. The number of benzene rings is 1. The zero-order valence-electron chi connectivity index (χ0n) is 14.3. The second kappa shape index (κ2) is 7.11. The van der Waals surface area contributed by atoms with Crippen LogP contribution < -0.4 is 10.4 Å². The Labute approximate surface area is 125 Å². The zero-order chi connectivity index (χ0) is 15.2. The van der Waals surface area contributed by atoms with Crippen LogP contribution in [0, 0.1) is 10.8 Å². The molecule has 1 aromatic rings. The van der Waals surface area contributed by atoms with E-state index >= 15 is 0 Å². The molecular weight excluding hydrogens is 240 g/mol. The molecule has 20 heavy (non-hydrogen) atoms. The molecule has 0 radical (unpaired) electrons. The molecule has 0 N–H and O–H groups in total. The summed E-state index contributed by atoms with van der Waals surface area (Å²) in [4.78, 5) is 0. The van der Waals surface area contributed by atoms with Gasteiger partial charge in [0, 0.05) is 0 Å². The molecule has 0 saturated heterocycles. The van der Waals surface area contributed by atoms with Crippen molar-refractivity contribution in [1.82, 2.24) is 0 Å². The minimum Gasteiger partial charge on any atom is -0.0761 e. The Balaban J connectivity index is 3.05. The van der Waals surface area contributed by atoms with Crippen molar-refractivity contribution in [2.75, 3.05) is 0 Å². The molecular formula is C20H32. The van der Waals surface area contributed by atoms with E-state index in [1.165, 1.54) is 23.3 Å². The Morgan fingerprint density at radius 1 is 0.750 bits per heavy atom. The van der Waals surface area contributed by atoms with Crippen LogP contribution in [0.25, 0.3) is 12.2 Å². The standard InChI is InChI=1S/C20H32/c1-7-19(3,4)15-13-17-11-9-10-12-18(17)14-16-20(5,6)8-2/h9-14H,7-8,15-16H2,1-6H3. The van der Waals surface area contributed by atoms with Crippen LogP contribution in [0.4, 0.5) is 0 Å². The molecule has 1 aromatic carbocycles. The summed E-state index contributed by atoms with van der Waals surface area (Å²) in [5.41, 5.74) is 0.797. The fourth-order valence-corrected chi connectivity index (χ4v) is 1.94.